The minimum Gasteiger partial charge on any atom is -0.322 e. The summed E-state index contributed by atoms with van der Waals surface area (Å²) in [4.78, 5) is 12.2. The number of rotatable bonds is 4. The molecular weight excluding hydrogens is 393 g/mol. The van der Waals surface area contributed by atoms with Gasteiger partial charge >= 0.3 is 6.18 Å². The van der Waals surface area contributed by atoms with Gasteiger partial charge in [-0.05, 0) is 42.5 Å². The summed E-state index contributed by atoms with van der Waals surface area (Å²) in [6.07, 6.45) is -4.49. The molecule has 0 heterocycles. The Morgan fingerprint density at radius 1 is 1.08 bits per heavy atom. The van der Waals surface area contributed by atoms with Gasteiger partial charge in [0.2, 0.25) is 10.0 Å². The Morgan fingerprint density at radius 3 is 2.15 bits per heavy atom. The molecule has 0 bridgehead atoms. The molecule has 0 aliphatic carbocycles. The summed E-state index contributed by atoms with van der Waals surface area (Å²) in [6.45, 7) is 0. The van der Waals surface area contributed by atoms with Crippen molar-refractivity contribution in [3.63, 3.8) is 0 Å². The first-order chi connectivity index (χ1) is 11.9. The molecule has 26 heavy (non-hydrogen) atoms. The van der Waals surface area contributed by atoms with Crippen LogP contribution in [0.5, 0.6) is 0 Å². The monoisotopic (exact) mass is 406 g/mol. The van der Waals surface area contributed by atoms with E-state index in [0.29, 0.717) is 0 Å². The Kier molecular flexibility index (Phi) is 5.64. The van der Waals surface area contributed by atoms with E-state index in [1.807, 2.05) is 0 Å². The van der Waals surface area contributed by atoms with Crippen LogP contribution in [0, 0.1) is 0 Å². The van der Waals surface area contributed by atoms with E-state index in [4.69, 9.17) is 11.6 Å². The molecule has 2 aromatic rings. The lowest BCUT2D eigenvalue weighted by Gasteiger charge is -2.13. The first-order valence-corrected chi connectivity index (χ1v) is 8.95. The second-order valence-electron chi connectivity index (χ2n) is 5.46. The van der Waals surface area contributed by atoms with Gasteiger partial charge in [-0.1, -0.05) is 11.6 Å². The highest BCUT2D eigenvalue weighted by molar-refractivity contribution is 7.89. The molecule has 10 heteroatoms. The van der Waals surface area contributed by atoms with Gasteiger partial charge in [-0.2, -0.15) is 13.2 Å². The van der Waals surface area contributed by atoms with Crippen molar-refractivity contribution in [3.8, 4) is 0 Å². The van der Waals surface area contributed by atoms with Crippen LogP contribution in [0.1, 0.15) is 15.9 Å². The number of alkyl halides is 3. The van der Waals surface area contributed by atoms with Gasteiger partial charge in [0, 0.05) is 19.8 Å². The van der Waals surface area contributed by atoms with Crippen molar-refractivity contribution in [2.45, 2.75) is 11.1 Å². The third-order valence-corrected chi connectivity index (χ3v) is 5.57. The van der Waals surface area contributed by atoms with Crippen molar-refractivity contribution >= 4 is 33.2 Å². The molecule has 0 fully saturated rings. The third kappa shape index (κ3) is 4.35. The molecule has 0 aromatic heterocycles. The lowest BCUT2D eigenvalue weighted by atomic mass is 10.1. The van der Waals surface area contributed by atoms with Crippen LogP contribution in [-0.2, 0) is 16.2 Å². The van der Waals surface area contributed by atoms with Gasteiger partial charge in [0.15, 0.2) is 0 Å². The van der Waals surface area contributed by atoms with Crippen molar-refractivity contribution in [1.29, 1.82) is 0 Å². The average Bonchev–Trinajstić information content (AvgIpc) is 2.54. The summed E-state index contributed by atoms with van der Waals surface area (Å²) in [5.41, 5.74) is -0.859. The summed E-state index contributed by atoms with van der Waals surface area (Å²) in [6, 6.07) is 7.46. The predicted molar refractivity (Wildman–Crippen MR) is 91.7 cm³/mol. The number of halogens is 4. The Morgan fingerprint density at radius 2 is 1.65 bits per heavy atom. The number of carbonyl (C=O) groups is 1. The molecule has 0 radical (unpaired) electrons. The zero-order valence-electron chi connectivity index (χ0n) is 13.6. The number of benzene rings is 2. The standard InChI is InChI=1S/C16H14ClF3N2O3S/c1-22(2)26(24,25)12-7-8-14(17)13(9-12)15(23)21-11-5-3-10(4-6-11)16(18,19)20/h3-9H,1-2H3,(H,21,23). The fourth-order valence-corrected chi connectivity index (χ4v) is 3.12. The predicted octanol–water partition coefficient (Wildman–Crippen LogP) is 3.86. The highest BCUT2D eigenvalue weighted by atomic mass is 35.5. The molecule has 0 atom stereocenters. The van der Waals surface area contributed by atoms with Crippen LogP contribution in [0.2, 0.25) is 5.02 Å². The minimum atomic E-state index is -4.49. The molecule has 0 aliphatic heterocycles. The number of hydrogen-bond acceptors (Lipinski definition) is 3. The second kappa shape index (κ2) is 7.26. The summed E-state index contributed by atoms with van der Waals surface area (Å²) in [7, 11) is -1.10. The van der Waals surface area contributed by atoms with Gasteiger partial charge in [0.25, 0.3) is 5.91 Å². The maximum atomic E-state index is 12.6. The van der Waals surface area contributed by atoms with Crippen LogP contribution in [0.4, 0.5) is 18.9 Å². The Hall–Kier alpha value is -2.10. The van der Waals surface area contributed by atoms with Crippen LogP contribution < -0.4 is 5.32 Å². The SMILES string of the molecule is CN(C)S(=O)(=O)c1ccc(Cl)c(C(=O)Nc2ccc(C(F)(F)F)cc2)c1. The van der Waals surface area contributed by atoms with Crippen LogP contribution in [0.15, 0.2) is 47.4 Å². The maximum Gasteiger partial charge on any atom is 0.416 e. The fraction of sp³-hybridized carbons (Fsp3) is 0.188. The quantitative estimate of drug-likeness (QED) is 0.838. The molecule has 2 aromatic carbocycles. The van der Waals surface area contributed by atoms with Crippen LogP contribution in [0.3, 0.4) is 0 Å². The van der Waals surface area contributed by atoms with E-state index in [2.05, 4.69) is 5.32 Å². The van der Waals surface area contributed by atoms with Gasteiger partial charge in [-0.3, -0.25) is 4.79 Å². The molecule has 0 spiro atoms. The fourth-order valence-electron chi connectivity index (χ4n) is 1.99. The minimum absolute atomic E-state index is 0.00659. The van der Waals surface area contributed by atoms with Gasteiger partial charge in [-0.25, -0.2) is 12.7 Å². The van der Waals surface area contributed by atoms with E-state index in [9.17, 15) is 26.4 Å². The molecule has 5 nitrogen and oxygen atoms in total. The molecule has 0 aliphatic rings. The maximum absolute atomic E-state index is 12.6. The van der Waals surface area contributed by atoms with E-state index < -0.39 is 27.7 Å². The van der Waals surface area contributed by atoms with Gasteiger partial charge < -0.3 is 5.32 Å². The third-order valence-electron chi connectivity index (χ3n) is 3.43. The zero-order valence-corrected chi connectivity index (χ0v) is 15.2. The van der Waals surface area contributed by atoms with Gasteiger partial charge in [0.1, 0.15) is 0 Å². The number of hydrogen-bond donors (Lipinski definition) is 1. The molecule has 0 unspecified atom stereocenters. The Balaban J connectivity index is 2.30. The van der Waals surface area contributed by atoms with Crippen molar-refractivity contribution in [1.82, 2.24) is 4.31 Å². The van der Waals surface area contributed by atoms with Crippen molar-refractivity contribution in [2.75, 3.05) is 19.4 Å². The molecular formula is C16H14ClF3N2O3S. The van der Waals surface area contributed by atoms with Crippen molar-refractivity contribution < 1.29 is 26.4 Å². The van der Waals surface area contributed by atoms with E-state index in [0.717, 1.165) is 34.6 Å². The topological polar surface area (TPSA) is 66.5 Å². The largest absolute Gasteiger partial charge is 0.416 e. The number of nitrogens with one attached hydrogen (secondary N) is 1. The second-order valence-corrected chi connectivity index (χ2v) is 8.02. The van der Waals surface area contributed by atoms with E-state index in [1.54, 1.807) is 0 Å². The highest BCUT2D eigenvalue weighted by Gasteiger charge is 2.30. The lowest BCUT2D eigenvalue weighted by molar-refractivity contribution is -0.137. The summed E-state index contributed by atoms with van der Waals surface area (Å²) in [5.74, 6) is -0.745. The van der Waals surface area contributed by atoms with Crippen LogP contribution in [-0.4, -0.2) is 32.7 Å². The van der Waals surface area contributed by atoms with Gasteiger partial charge in [-0.15, -0.1) is 0 Å². The summed E-state index contributed by atoms with van der Waals surface area (Å²) >= 11 is 5.95. The first kappa shape index (κ1) is 20.2. The first-order valence-electron chi connectivity index (χ1n) is 7.13. The van der Waals surface area contributed by atoms with E-state index in [-0.39, 0.29) is 21.2 Å². The molecule has 1 N–H and O–H groups in total. The average molecular weight is 407 g/mol. The molecule has 2 rings (SSSR count). The Bertz CT molecular complexity index is 927. The molecule has 0 saturated carbocycles. The summed E-state index contributed by atoms with van der Waals surface area (Å²) < 4.78 is 63.0. The van der Waals surface area contributed by atoms with E-state index >= 15 is 0 Å². The highest BCUT2D eigenvalue weighted by Crippen LogP contribution is 2.30. The van der Waals surface area contributed by atoms with Gasteiger partial charge in [0.05, 0.1) is 21.0 Å². The molecule has 1 amide bonds. The van der Waals surface area contributed by atoms with E-state index in [1.165, 1.54) is 26.2 Å². The summed E-state index contributed by atoms with van der Waals surface area (Å²) in [5, 5.41) is 2.39. The smallest absolute Gasteiger partial charge is 0.322 e. The number of amides is 1. The number of nitrogens with zero attached hydrogens (tertiary/aromatic N) is 1. The number of sulfonamides is 1. The normalized spacial score (nSPS) is 12.3. The molecule has 140 valence electrons. The van der Waals surface area contributed by atoms with Crippen LogP contribution in [0.25, 0.3) is 0 Å². The Labute approximate surface area is 153 Å². The van der Waals surface area contributed by atoms with Crippen molar-refractivity contribution in [3.05, 3.63) is 58.6 Å². The number of carbonyl (C=O) groups excluding carboxylic acids is 1. The van der Waals surface area contributed by atoms with Crippen LogP contribution >= 0.6 is 11.6 Å². The number of anilines is 1. The molecule has 0 saturated heterocycles. The lowest BCUT2D eigenvalue weighted by Crippen LogP contribution is -2.23. The van der Waals surface area contributed by atoms with Crippen molar-refractivity contribution in [2.24, 2.45) is 0 Å². The zero-order chi connectivity index (χ0) is 19.7.